The fourth-order valence-electron chi connectivity index (χ4n) is 2.79. The molecule has 0 saturated heterocycles. The first-order valence-corrected chi connectivity index (χ1v) is 9.69. The molecule has 0 radical (unpaired) electrons. The van der Waals surface area contributed by atoms with Crippen LogP contribution in [0, 0.1) is 11.6 Å². The minimum atomic E-state index is -4.22. The zero-order valence-electron chi connectivity index (χ0n) is 14.5. The monoisotopic (exact) mass is 411 g/mol. The van der Waals surface area contributed by atoms with Crippen LogP contribution in [0.25, 0.3) is 0 Å². The van der Waals surface area contributed by atoms with E-state index in [1.165, 1.54) is 7.05 Å². The second-order valence-electron chi connectivity index (χ2n) is 5.98. The first-order valence-electron chi connectivity index (χ1n) is 7.87. The normalized spacial score (nSPS) is 13.1. The molecule has 0 N–H and O–H groups in total. The third-order valence-corrected chi connectivity index (χ3v) is 6.22. The van der Waals surface area contributed by atoms with E-state index in [0.29, 0.717) is 22.5 Å². The van der Waals surface area contributed by atoms with Crippen LogP contribution in [-0.2, 0) is 17.1 Å². The summed E-state index contributed by atoms with van der Waals surface area (Å²) in [5.41, 5.74) is 0.608. The van der Waals surface area contributed by atoms with Crippen LogP contribution < -0.4 is 0 Å². The Bertz CT molecular complexity index is 1050. The van der Waals surface area contributed by atoms with Gasteiger partial charge in [0.25, 0.3) is 0 Å². The summed E-state index contributed by atoms with van der Waals surface area (Å²) >= 11 is 5.94. The molecule has 0 bridgehead atoms. The number of benzene rings is 2. The number of sulfonamides is 1. The molecule has 3 aromatic rings. The first kappa shape index (κ1) is 19.5. The molecule has 142 valence electrons. The molecular weight excluding hydrogens is 396 g/mol. The Morgan fingerprint density at radius 1 is 1.11 bits per heavy atom. The van der Waals surface area contributed by atoms with Gasteiger partial charge >= 0.3 is 0 Å². The molecule has 1 atom stereocenters. The molecule has 0 spiro atoms. The molecule has 0 fully saturated rings. The fraction of sp³-hybridized carbons (Fsp3) is 0.167. The molecule has 0 aliphatic rings. The van der Waals surface area contributed by atoms with E-state index in [2.05, 4.69) is 4.98 Å². The number of imidazole rings is 1. The van der Waals surface area contributed by atoms with Gasteiger partial charge in [0.1, 0.15) is 23.5 Å². The van der Waals surface area contributed by atoms with Gasteiger partial charge in [-0.05, 0) is 29.8 Å². The second-order valence-corrected chi connectivity index (χ2v) is 8.41. The van der Waals surface area contributed by atoms with Crippen molar-refractivity contribution < 1.29 is 17.2 Å². The van der Waals surface area contributed by atoms with Gasteiger partial charge in [0.05, 0.1) is 4.90 Å². The Morgan fingerprint density at radius 3 is 2.22 bits per heavy atom. The summed E-state index contributed by atoms with van der Waals surface area (Å²) in [6, 6.07) is 8.00. The van der Waals surface area contributed by atoms with Gasteiger partial charge in [0.2, 0.25) is 10.0 Å². The van der Waals surface area contributed by atoms with Crippen LogP contribution in [0.4, 0.5) is 8.78 Å². The Hall–Kier alpha value is -2.29. The van der Waals surface area contributed by atoms with Crippen molar-refractivity contribution in [2.75, 3.05) is 7.05 Å². The zero-order chi connectivity index (χ0) is 19.8. The molecule has 5 nitrogen and oxygen atoms in total. The van der Waals surface area contributed by atoms with Crippen molar-refractivity contribution in [3.05, 3.63) is 82.9 Å². The fourth-order valence-corrected chi connectivity index (χ4v) is 4.26. The van der Waals surface area contributed by atoms with Crippen molar-refractivity contribution >= 4 is 21.6 Å². The highest BCUT2D eigenvalue weighted by molar-refractivity contribution is 7.89. The summed E-state index contributed by atoms with van der Waals surface area (Å²) < 4.78 is 56.0. The summed E-state index contributed by atoms with van der Waals surface area (Å²) in [7, 11) is -1.15. The van der Waals surface area contributed by atoms with E-state index in [9.17, 15) is 17.2 Å². The first-order chi connectivity index (χ1) is 12.7. The number of aryl methyl sites for hydroxylation is 1. The summed E-state index contributed by atoms with van der Waals surface area (Å²) in [6.45, 7) is 0. The van der Waals surface area contributed by atoms with Crippen LogP contribution in [0.3, 0.4) is 0 Å². The largest absolute Gasteiger partial charge is 0.336 e. The zero-order valence-corrected chi connectivity index (χ0v) is 16.0. The van der Waals surface area contributed by atoms with Crippen molar-refractivity contribution in [3.63, 3.8) is 0 Å². The van der Waals surface area contributed by atoms with E-state index in [1.807, 2.05) is 0 Å². The van der Waals surface area contributed by atoms with Crippen molar-refractivity contribution in [3.8, 4) is 0 Å². The lowest BCUT2D eigenvalue weighted by atomic mass is 10.1. The number of hydrogen-bond donors (Lipinski definition) is 0. The molecule has 2 aromatic carbocycles. The molecule has 0 saturated carbocycles. The molecule has 3 rings (SSSR count). The van der Waals surface area contributed by atoms with Crippen molar-refractivity contribution in [2.24, 2.45) is 7.05 Å². The summed E-state index contributed by atoms with van der Waals surface area (Å²) in [4.78, 5) is 3.78. The van der Waals surface area contributed by atoms with E-state index in [0.717, 1.165) is 16.4 Å². The predicted molar refractivity (Wildman–Crippen MR) is 97.8 cm³/mol. The van der Waals surface area contributed by atoms with E-state index in [4.69, 9.17) is 11.6 Å². The minimum absolute atomic E-state index is 0.445. The van der Waals surface area contributed by atoms with Gasteiger partial charge in [-0.15, -0.1) is 0 Å². The topological polar surface area (TPSA) is 55.2 Å². The van der Waals surface area contributed by atoms with Crippen LogP contribution in [0.15, 0.2) is 59.8 Å². The number of hydrogen-bond acceptors (Lipinski definition) is 3. The molecule has 1 heterocycles. The smallest absolute Gasteiger partial charge is 0.244 e. The summed E-state index contributed by atoms with van der Waals surface area (Å²) in [5.74, 6) is -1.50. The van der Waals surface area contributed by atoms with Gasteiger partial charge < -0.3 is 4.57 Å². The van der Waals surface area contributed by atoms with Crippen LogP contribution >= 0.6 is 11.6 Å². The summed E-state index contributed by atoms with van der Waals surface area (Å²) in [6.07, 6.45) is 3.22. The van der Waals surface area contributed by atoms with Crippen LogP contribution in [0.5, 0.6) is 0 Å². The number of halogens is 3. The Labute approximate surface area is 160 Å². The minimum Gasteiger partial charge on any atom is -0.336 e. The van der Waals surface area contributed by atoms with Gasteiger partial charge in [0, 0.05) is 37.6 Å². The maximum absolute atomic E-state index is 13.6. The van der Waals surface area contributed by atoms with Gasteiger partial charge in [-0.25, -0.2) is 22.2 Å². The molecule has 0 aliphatic carbocycles. The Morgan fingerprint density at radius 2 is 1.70 bits per heavy atom. The molecular formula is C18H16ClF2N3O2S. The van der Waals surface area contributed by atoms with Crippen LogP contribution in [-0.4, -0.2) is 29.3 Å². The number of aromatic nitrogens is 2. The van der Waals surface area contributed by atoms with Crippen molar-refractivity contribution in [2.45, 2.75) is 10.9 Å². The van der Waals surface area contributed by atoms with Crippen LogP contribution in [0.2, 0.25) is 5.02 Å². The Balaban J connectivity index is 2.14. The van der Waals surface area contributed by atoms with E-state index in [-0.39, 0.29) is 0 Å². The van der Waals surface area contributed by atoms with Gasteiger partial charge in [-0.2, -0.15) is 4.31 Å². The molecule has 0 amide bonds. The van der Waals surface area contributed by atoms with Gasteiger partial charge in [-0.3, -0.25) is 0 Å². The van der Waals surface area contributed by atoms with Crippen molar-refractivity contribution in [1.82, 2.24) is 13.9 Å². The van der Waals surface area contributed by atoms with Crippen molar-refractivity contribution in [1.29, 1.82) is 0 Å². The van der Waals surface area contributed by atoms with Gasteiger partial charge in [0.15, 0.2) is 0 Å². The molecule has 9 heteroatoms. The number of rotatable bonds is 5. The van der Waals surface area contributed by atoms with E-state index < -0.39 is 32.6 Å². The average molecular weight is 412 g/mol. The maximum Gasteiger partial charge on any atom is 0.244 e. The highest BCUT2D eigenvalue weighted by atomic mass is 35.5. The maximum atomic E-state index is 13.6. The highest BCUT2D eigenvalue weighted by Crippen LogP contribution is 2.32. The van der Waals surface area contributed by atoms with E-state index in [1.54, 1.807) is 48.3 Å². The lowest BCUT2D eigenvalue weighted by Gasteiger charge is -2.27. The second kappa shape index (κ2) is 7.38. The SMILES string of the molecule is CN([C@H](c1ccc(Cl)cc1)c1nccn1C)S(=O)(=O)c1cc(F)cc(F)c1. The van der Waals surface area contributed by atoms with Crippen LogP contribution in [0.1, 0.15) is 17.4 Å². The summed E-state index contributed by atoms with van der Waals surface area (Å²) in [5, 5.41) is 0.495. The third kappa shape index (κ3) is 3.87. The van der Waals surface area contributed by atoms with E-state index >= 15 is 0 Å². The molecule has 0 aliphatic heterocycles. The lowest BCUT2D eigenvalue weighted by Crippen LogP contribution is -2.33. The molecule has 27 heavy (non-hydrogen) atoms. The highest BCUT2D eigenvalue weighted by Gasteiger charge is 2.33. The number of nitrogens with zero attached hydrogens (tertiary/aromatic N) is 3. The molecule has 0 unspecified atom stereocenters. The Kier molecular flexibility index (Phi) is 5.32. The average Bonchev–Trinajstić information content (AvgIpc) is 3.01. The standard InChI is InChI=1S/C18H16ClF2N3O2S/c1-23-8-7-22-18(23)17(12-3-5-13(19)6-4-12)24(2)27(25,26)16-10-14(20)9-15(21)11-16/h3-11,17H,1-2H3/t17-/m1/s1. The molecule has 1 aromatic heterocycles. The predicted octanol–water partition coefficient (Wildman–Crippen LogP) is 3.76. The third-order valence-electron chi connectivity index (χ3n) is 4.17. The quantitative estimate of drug-likeness (QED) is 0.642. The lowest BCUT2D eigenvalue weighted by molar-refractivity contribution is 0.397. The van der Waals surface area contributed by atoms with Gasteiger partial charge in [-0.1, -0.05) is 23.7 Å².